The number of thioether (sulfide) groups is 1. The van der Waals surface area contributed by atoms with Crippen molar-refractivity contribution < 1.29 is 19.1 Å². The van der Waals surface area contributed by atoms with Crippen LogP contribution in [0.5, 0.6) is 11.5 Å². The second-order valence-electron chi connectivity index (χ2n) is 6.78. The summed E-state index contributed by atoms with van der Waals surface area (Å²) in [5.41, 5.74) is 1.93. The highest BCUT2D eigenvalue weighted by Gasteiger charge is 2.34. The Hall–Kier alpha value is -2.51. The molecule has 0 bridgehead atoms. The minimum Gasteiger partial charge on any atom is -0.490 e. The fraction of sp³-hybridized carbons (Fsp3) is 0.250. The molecule has 31 heavy (non-hydrogen) atoms. The van der Waals surface area contributed by atoms with E-state index >= 15 is 0 Å². The molecule has 3 rings (SSSR count). The maximum atomic E-state index is 12.8. The van der Waals surface area contributed by atoms with Crippen molar-refractivity contribution >= 4 is 44.9 Å². The molecule has 0 saturated carbocycles. The van der Waals surface area contributed by atoms with Crippen LogP contribution in [0.1, 0.15) is 24.5 Å². The molecule has 7 heteroatoms. The monoisotopic (exact) mass is 501 g/mol. The average Bonchev–Trinajstić information content (AvgIpc) is 3.03. The maximum absolute atomic E-state index is 12.8. The second-order valence-corrected chi connectivity index (χ2v) is 8.62. The van der Waals surface area contributed by atoms with Gasteiger partial charge in [0, 0.05) is 11.0 Å². The van der Waals surface area contributed by atoms with Crippen molar-refractivity contribution in [1.29, 1.82) is 0 Å². The fourth-order valence-corrected chi connectivity index (χ4v) is 4.40. The van der Waals surface area contributed by atoms with Gasteiger partial charge in [0.15, 0.2) is 11.5 Å². The summed E-state index contributed by atoms with van der Waals surface area (Å²) in [7, 11) is 0. The van der Waals surface area contributed by atoms with Crippen LogP contribution in [0, 0.1) is 0 Å². The summed E-state index contributed by atoms with van der Waals surface area (Å²) in [6.07, 6.45) is 4.91. The minimum atomic E-state index is -0.264. The van der Waals surface area contributed by atoms with Crippen LogP contribution in [-0.4, -0.2) is 35.8 Å². The molecule has 162 valence electrons. The summed E-state index contributed by atoms with van der Waals surface area (Å²) in [5, 5.41) is -0.239. The topological polar surface area (TPSA) is 55.8 Å². The van der Waals surface area contributed by atoms with Crippen molar-refractivity contribution in [3.8, 4) is 11.5 Å². The van der Waals surface area contributed by atoms with E-state index in [-0.39, 0.29) is 11.1 Å². The lowest BCUT2D eigenvalue weighted by Gasteiger charge is -2.13. The summed E-state index contributed by atoms with van der Waals surface area (Å²) in [4.78, 5) is 27.0. The highest BCUT2D eigenvalue weighted by Crippen LogP contribution is 2.38. The van der Waals surface area contributed by atoms with E-state index in [1.807, 2.05) is 37.3 Å². The van der Waals surface area contributed by atoms with Crippen LogP contribution >= 0.6 is 27.7 Å². The molecule has 0 N–H and O–H groups in total. The van der Waals surface area contributed by atoms with Gasteiger partial charge < -0.3 is 9.47 Å². The Bertz CT molecular complexity index is 991. The van der Waals surface area contributed by atoms with Crippen molar-refractivity contribution in [2.45, 2.75) is 19.8 Å². The predicted molar refractivity (Wildman–Crippen MR) is 128 cm³/mol. The van der Waals surface area contributed by atoms with Gasteiger partial charge in [0.05, 0.1) is 11.5 Å². The lowest BCUT2D eigenvalue weighted by molar-refractivity contribution is -0.122. The van der Waals surface area contributed by atoms with Crippen LogP contribution in [0.4, 0.5) is 4.79 Å². The molecule has 1 heterocycles. The minimum absolute atomic E-state index is 0.239. The molecule has 0 aromatic heterocycles. The summed E-state index contributed by atoms with van der Waals surface area (Å²) in [6.45, 7) is 6.78. The fourth-order valence-electron chi connectivity index (χ4n) is 3.11. The molecule has 1 fully saturated rings. The van der Waals surface area contributed by atoms with Gasteiger partial charge in [-0.2, -0.15) is 0 Å². The average molecular weight is 502 g/mol. The molecule has 1 aliphatic rings. The van der Waals surface area contributed by atoms with Crippen molar-refractivity contribution in [3.63, 3.8) is 0 Å². The summed E-state index contributed by atoms with van der Waals surface area (Å²) >= 11 is 4.49. The van der Waals surface area contributed by atoms with E-state index in [1.165, 1.54) is 10.5 Å². The number of halogens is 1. The van der Waals surface area contributed by atoms with Crippen LogP contribution in [0.15, 0.2) is 64.5 Å². The number of carbonyl (C=O) groups is 2. The van der Waals surface area contributed by atoms with Crippen LogP contribution in [-0.2, 0) is 11.2 Å². The largest absolute Gasteiger partial charge is 0.490 e. The molecule has 2 aromatic rings. The first kappa shape index (κ1) is 23.2. The van der Waals surface area contributed by atoms with Gasteiger partial charge in [-0.25, -0.2) is 0 Å². The Labute approximate surface area is 195 Å². The van der Waals surface area contributed by atoms with Gasteiger partial charge in [0.1, 0.15) is 6.61 Å². The summed E-state index contributed by atoms with van der Waals surface area (Å²) < 4.78 is 12.1. The quantitative estimate of drug-likeness (QED) is 0.291. The molecule has 0 atom stereocenters. The van der Waals surface area contributed by atoms with E-state index in [1.54, 1.807) is 24.3 Å². The third-order valence-electron chi connectivity index (χ3n) is 4.57. The number of ether oxygens (including phenoxy) is 2. The second kappa shape index (κ2) is 11.2. The number of benzene rings is 2. The third kappa shape index (κ3) is 6.02. The Kier molecular flexibility index (Phi) is 8.37. The van der Waals surface area contributed by atoms with Crippen LogP contribution in [0.25, 0.3) is 6.08 Å². The molecule has 0 aliphatic carbocycles. The zero-order valence-corrected chi connectivity index (χ0v) is 19.7. The van der Waals surface area contributed by atoms with Crippen LogP contribution in [0.3, 0.4) is 0 Å². The number of aryl methyl sites for hydroxylation is 1. The first-order chi connectivity index (χ1) is 15.0. The van der Waals surface area contributed by atoms with Gasteiger partial charge in [-0.3, -0.25) is 14.5 Å². The van der Waals surface area contributed by atoms with Gasteiger partial charge in [0.25, 0.3) is 11.1 Å². The molecular weight excluding hydrogens is 478 g/mol. The Balaban J connectivity index is 1.73. The Morgan fingerprint density at radius 1 is 1.13 bits per heavy atom. The van der Waals surface area contributed by atoms with Gasteiger partial charge in [0.2, 0.25) is 0 Å². The number of nitrogens with zero attached hydrogens (tertiary/aromatic N) is 1. The normalized spacial score (nSPS) is 14.9. The molecule has 0 unspecified atom stereocenters. The molecule has 2 amide bonds. The van der Waals surface area contributed by atoms with E-state index in [9.17, 15) is 9.59 Å². The molecule has 2 aromatic carbocycles. The molecule has 0 spiro atoms. The molecule has 1 saturated heterocycles. The van der Waals surface area contributed by atoms with Crippen LogP contribution in [0.2, 0.25) is 0 Å². The first-order valence-corrected chi connectivity index (χ1v) is 11.6. The lowest BCUT2D eigenvalue weighted by Crippen LogP contribution is -2.29. The molecular formula is C24H24BrNO4S. The first-order valence-electron chi connectivity index (χ1n) is 10.0. The van der Waals surface area contributed by atoms with Crippen molar-refractivity contribution in [1.82, 2.24) is 4.90 Å². The van der Waals surface area contributed by atoms with E-state index in [0.29, 0.717) is 36.2 Å². The smallest absolute Gasteiger partial charge is 0.293 e. The number of imide groups is 1. The van der Waals surface area contributed by atoms with E-state index < -0.39 is 0 Å². The van der Waals surface area contributed by atoms with Gasteiger partial charge >= 0.3 is 0 Å². The summed E-state index contributed by atoms with van der Waals surface area (Å²) in [5.74, 6) is 0.889. The number of carbonyl (C=O) groups excluding carboxylic acids is 2. The molecule has 5 nitrogen and oxygen atoms in total. The predicted octanol–water partition coefficient (Wildman–Crippen LogP) is 6.08. The van der Waals surface area contributed by atoms with E-state index in [4.69, 9.17) is 9.47 Å². The third-order valence-corrected chi connectivity index (χ3v) is 6.16. The number of hydrogen-bond donors (Lipinski definition) is 0. The zero-order chi connectivity index (χ0) is 22.2. The Morgan fingerprint density at radius 2 is 1.87 bits per heavy atom. The van der Waals surface area contributed by atoms with Crippen LogP contribution < -0.4 is 9.47 Å². The van der Waals surface area contributed by atoms with Gasteiger partial charge in [-0.05, 0) is 60.9 Å². The SMILES string of the molecule is C=CCOc1cc(Br)c(/C=C2/SC(=O)N(CCCc3ccccc3)C2=O)cc1OCC. The summed E-state index contributed by atoms with van der Waals surface area (Å²) in [6, 6.07) is 13.6. The number of amides is 2. The van der Waals surface area contributed by atoms with Crippen molar-refractivity contribution in [2.24, 2.45) is 0 Å². The van der Waals surface area contributed by atoms with Gasteiger partial charge in [-0.1, -0.05) is 58.9 Å². The van der Waals surface area contributed by atoms with Crippen molar-refractivity contribution in [2.75, 3.05) is 19.8 Å². The zero-order valence-electron chi connectivity index (χ0n) is 17.3. The van der Waals surface area contributed by atoms with Crippen molar-refractivity contribution in [3.05, 3.63) is 75.6 Å². The maximum Gasteiger partial charge on any atom is 0.293 e. The molecule has 0 radical (unpaired) electrons. The molecule has 1 aliphatic heterocycles. The van der Waals surface area contributed by atoms with E-state index in [0.717, 1.165) is 34.6 Å². The number of rotatable bonds is 10. The Morgan fingerprint density at radius 3 is 2.58 bits per heavy atom. The van der Waals surface area contributed by atoms with E-state index in [2.05, 4.69) is 22.5 Å². The lowest BCUT2D eigenvalue weighted by atomic mass is 10.1. The highest BCUT2D eigenvalue weighted by molar-refractivity contribution is 9.10. The number of hydrogen-bond acceptors (Lipinski definition) is 5. The van der Waals surface area contributed by atoms with Gasteiger partial charge in [-0.15, -0.1) is 0 Å². The highest BCUT2D eigenvalue weighted by atomic mass is 79.9. The standard InChI is InChI=1S/C24H24BrNO4S/c1-3-13-30-21-16-19(25)18(14-20(21)29-4-2)15-22-23(27)26(24(28)31-22)12-8-11-17-9-6-5-7-10-17/h3,5-7,9-10,14-16H,1,4,8,11-13H2,2H3/b22-15+.